The number of hydrogen-bond acceptors (Lipinski definition) is 4. The topological polar surface area (TPSA) is 27.6 Å². The van der Waals surface area contributed by atoms with Crippen molar-refractivity contribution in [2.75, 3.05) is 30.9 Å². The molecule has 1 N–H and O–H groups in total. The van der Waals surface area contributed by atoms with Crippen LogP contribution in [0.15, 0.2) is 29.3 Å². The maximum atomic E-state index is 4.62. The smallest absolute Gasteiger partial charge is 0.161 e. The second-order valence-electron chi connectivity index (χ2n) is 5.18. The van der Waals surface area contributed by atoms with Crippen LogP contribution >= 0.6 is 11.8 Å². The van der Waals surface area contributed by atoms with E-state index >= 15 is 0 Å². The van der Waals surface area contributed by atoms with Crippen LogP contribution in [0.5, 0.6) is 0 Å². The van der Waals surface area contributed by atoms with Crippen molar-refractivity contribution in [3.63, 3.8) is 0 Å². The van der Waals surface area contributed by atoms with Gasteiger partial charge in [-0.05, 0) is 30.9 Å². The summed E-state index contributed by atoms with van der Waals surface area (Å²) in [7, 11) is 4.13. The molecule has 0 spiro atoms. The van der Waals surface area contributed by atoms with Crippen molar-refractivity contribution in [1.82, 2.24) is 0 Å². The molecule has 1 unspecified atom stereocenters. The number of para-hydroxylation sites is 2. The number of aliphatic imine (C=N–C) groups is 1. The Labute approximate surface area is 113 Å². The highest BCUT2D eigenvalue weighted by Crippen LogP contribution is 2.42. The van der Waals surface area contributed by atoms with Crippen LogP contribution in [0.2, 0.25) is 0 Å². The van der Waals surface area contributed by atoms with E-state index in [4.69, 9.17) is 0 Å². The Hall–Kier alpha value is -1.16. The number of hydrogen-bond donors (Lipinski definition) is 1. The summed E-state index contributed by atoms with van der Waals surface area (Å²) in [5.74, 6) is 0.919. The van der Waals surface area contributed by atoms with Crippen molar-refractivity contribution in [3.8, 4) is 0 Å². The van der Waals surface area contributed by atoms with Crippen molar-refractivity contribution in [2.45, 2.75) is 18.1 Å². The van der Waals surface area contributed by atoms with Gasteiger partial charge in [0.2, 0.25) is 0 Å². The number of amidine groups is 1. The molecule has 1 aliphatic carbocycles. The fraction of sp³-hybridized carbons (Fsp3) is 0.500. The van der Waals surface area contributed by atoms with Crippen LogP contribution in [0.3, 0.4) is 0 Å². The zero-order chi connectivity index (χ0) is 12.5. The third kappa shape index (κ3) is 2.48. The molecule has 0 aromatic heterocycles. The van der Waals surface area contributed by atoms with E-state index < -0.39 is 0 Å². The van der Waals surface area contributed by atoms with Crippen molar-refractivity contribution in [2.24, 2.45) is 10.9 Å². The molecular weight excluding hydrogens is 242 g/mol. The standard InChI is InChI=1S/C14H19N3S/c1-17(2)12-6-4-3-5-11(12)16-14-15-9-13(18-14)10-7-8-10/h3-6,10,13H,7-9H2,1-2H3,(H,15,16). The van der Waals surface area contributed by atoms with Crippen LogP contribution in [0.25, 0.3) is 0 Å². The summed E-state index contributed by atoms with van der Waals surface area (Å²) in [5, 5.41) is 5.28. The van der Waals surface area contributed by atoms with Crippen molar-refractivity contribution in [3.05, 3.63) is 24.3 Å². The van der Waals surface area contributed by atoms with Crippen LogP contribution < -0.4 is 10.2 Å². The average Bonchev–Trinajstić information content (AvgIpc) is 3.11. The Kier molecular flexibility index (Phi) is 3.20. The molecule has 0 amide bonds. The largest absolute Gasteiger partial charge is 0.376 e. The van der Waals surface area contributed by atoms with E-state index in [1.54, 1.807) is 0 Å². The van der Waals surface area contributed by atoms with E-state index in [1.165, 1.54) is 18.5 Å². The van der Waals surface area contributed by atoms with E-state index in [-0.39, 0.29) is 0 Å². The first kappa shape index (κ1) is 11.9. The number of anilines is 2. The number of rotatable bonds is 3. The molecule has 18 heavy (non-hydrogen) atoms. The van der Waals surface area contributed by atoms with Gasteiger partial charge >= 0.3 is 0 Å². The van der Waals surface area contributed by atoms with Gasteiger partial charge < -0.3 is 10.2 Å². The Morgan fingerprint density at radius 3 is 2.78 bits per heavy atom. The molecule has 96 valence electrons. The average molecular weight is 261 g/mol. The normalized spacial score (nSPS) is 22.8. The molecule has 1 fully saturated rings. The van der Waals surface area contributed by atoms with Crippen molar-refractivity contribution in [1.29, 1.82) is 0 Å². The minimum absolute atomic E-state index is 0.721. The molecule has 1 heterocycles. The third-order valence-corrected chi connectivity index (χ3v) is 4.74. The van der Waals surface area contributed by atoms with Gasteiger partial charge in [0.15, 0.2) is 5.17 Å². The SMILES string of the molecule is CN(C)c1ccccc1NC1=NCC(C2CC2)S1. The summed E-state index contributed by atoms with van der Waals surface area (Å²) in [6.45, 7) is 0.988. The predicted molar refractivity (Wildman–Crippen MR) is 80.8 cm³/mol. The molecule has 3 nitrogen and oxygen atoms in total. The van der Waals surface area contributed by atoms with Crippen LogP contribution in [-0.4, -0.2) is 31.1 Å². The van der Waals surface area contributed by atoms with E-state index in [0.29, 0.717) is 0 Å². The fourth-order valence-electron chi connectivity index (χ4n) is 2.26. The minimum atomic E-state index is 0.721. The zero-order valence-corrected chi connectivity index (χ0v) is 11.7. The molecule has 1 atom stereocenters. The van der Waals surface area contributed by atoms with E-state index in [9.17, 15) is 0 Å². The highest BCUT2D eigenvalue weighted by molar-refractivity contribution is 8.15. The summed E-state index contributed by atoms with van der Waals surface area (Å²) in [6, 6.07) is 8.37. The predicted octanol–water partition coefficient (Wildman–Crippen LogP) is 3.05. The van der Waals surface area contributed by atoms with Crippen LogP contribution in [0, 0.1) is 5.92 Å². The monoisotopic (exact) mass is 261 g/mol. The second kappa shape index (κ2) is 4.84. The van der Waals surface area contributed by atoms with Gasteiger partial charge in [0.05, 0.1) is 17.9 Å². The van der Waals surface area contributed by atoms with Crippen molar-refractivity contribution < 1.29 is 0 Å². The summed E-state index contributed by atoms with van der Waals surface area (Å²) in [6.07, 6.45) is 2.80. The Morgan fingerprint density at radius 2 is 2.06 bits per heavy atom. The minimum Gasteiger partial charge on any atom is -0.376 e. The quantitative estimate of drug-likeness (QED) is 0.906. The Balaban J connectivity index is 1.69. The van der Waals surface area contributed by atoms with Gasteiger partial charge in [-0.2, -0.15) is 0 Å². The number of nitrogens with zero attached hydrogens (tertiary/aromatic N) is 2. The molecular formula is C14H19N3S. The lowest BCUT2D eigenvalue weighted by molar-refractivity contribution is 0.773. The van der Waals surface area contributed by atoms with Crippen LogP contribution in [-0.2, 0) is 0 Å². The molecule has 2 aliphatic rings. The summed E-state index contributed by atoms with van der Waals surface area (Å²) in [4.78, 5) is 6.75. The molecule has 1 aromatic carbocycles. The lowest BCUT2D eigenvalue weighted by atomic mass is 10.2. The van der Waals surface area contributed by atoms with Gasteiger partial charge in [-0.1, -0.05) is 23.9 Å². The zero-order valence-electron chi connectivity index (χ0n) is 10.9. The fourth-order valence-corrected chi connectivity index (χ4v) is 3.48. The molecule has 4 heteroatoms. The van der Waals surface area contributed by atoms with Gasteiger partial charge in [-0.3, -0.25) is 4.99 Å². The van der Waals surface area contributed by atoms with Gasteiger partial charge in [-0.25, -0.2) is 0 Å². The second-order valence-corrected chi connectivity index (χ2v) is 6.40. The highest BCUT2D eigenvalue weighted by Gasteiger charge is 2.35. The van der Waals surface area contributed by atoms with E-state index in [1.807, 2.05) is 11.8 Å². The number of thioether (sulfide) groups is 1. The number of benzene rings is 1. The first-order valence-corrected chi connectivity index (χ1v) is 7.36. The summed E-state index contributed by atoms with van der Waals surface area (Å²) >= 11 is 1.92. The highest BCUT2D eigenvalue weighted by atomic mass is 32.2. The van der Waals surface area contributed by atoms with Gasteiger partial charge in [0.25, 0.3) is 0 Å². The van der Waals surface area contributed by atoms with Gasteiger partial charge in [0, 0.05) is 19.3 Å². The first-order chi connectivity index (χ1) is 8.74. The Morgan fingerprint density at radius 1 is 1.28 bits per heavy atom. The van der Waals surface area contributed by atoms with E-state index in [2.05, 4.69) is 53.6 Å². The molecule has 0 saturated heterocycles. The third-order valence-electron chi connectivity index (χ3n) is 3.45. The molecule has 1 aromatic rings. The maximum Gasteiger partial charge on any atom is 0.161 e. The van der Waals surface area contributed by atoms with E-state index in [0.717, 1.165) is 28.6 Å². The van der Waals surface area contributed by atoms with Crippen molar-refractivity contribution >= 4 is 28.3 Å². The van der Waals surface area contributed by atoms with Crippen LogP contribution in [0.1, 0.15) is 12.8 Å². The maximum absolute atomic E-state index is 4.62. The van der Waals surface area contributed by atoms with Gasteiger partial charge in [0.1, 0.15) is 0 Å². The Bertz CT molecular complexity index is 466. The number of nitrogens with one attached hydrogen (secondary N) is 1. The molecule has 3 rings (SSSR count). The lowest BCUT2D eigenvalue weighted by Gasteiger charge is -2.18. The van der Waals surface area contributed by atoms with Crippen LogP contribution in [0.4, 0.5) is 11.4 Å². The summed E-state index contributed by atoms with van der Waals surface area (Å²) < 4.78 is 0. The summed E-state index contributed by atoms with van der Waals surface area (Å²) in [5.41, 5.74) is 2.35. The molecule has 1 aliphatic heterocycles. The molecule has 0 bridgehead atoms. The molecule has 1 saturated carbocycles. The first-order valence-electron chi connectivity index (χ1n) is 6.48. The van der Waals surface area contributed by atoms with Gasteiger partial charge in [-0.15, -0.1) is 0 Å². The lowest BCUT2D eigenvalue weighted by Crippen LogP contribution is -2.14. The molecule has 0 radical (unpaired) electrons.